The Morgan fingerprint density at radius 3 is 2.25 bits per heavy atom. The van der Waals surface area contributed by atoms with E-state index >= 15 is 0 Å². The van der Waals surface area contributed by atoms with Gasteiger partial charge in [-0.2, -0.15) is 0 Å². The molecule has 1 unspecified atom stereocenters. The molecule has 0 saturated carbocycles. The Morgan fingerprint density at radius 2 is 1.71 bits per heavy atom. The van der Waals surface area contributed by atoms with Crippen LogP contribution < -0.4 is 5.32 Å². The molecular weight excluding hydrogens is 372 g/mol. The van der Waals surface area contributed by atoms with Crippen LogP contribution in [0.25, 0.3) is 0 Å². The second-order valence-electron chi connectivity index (χ2n) is 6.90. The largest absolute Gasteiger partial charge is 0.347 e. The van der Waals surface area contributed by atoms with Crippen LogP contribution in [0.1, 0.15) is 28.9 Å². The summed E-state index contributed by atoms with van der Waals surface area (Å²) >= 11 is 1.50. The number of amides is 2. The van der Waals surface area contributed by atoms with Crippen molar-refractivity contribution in [3.63, 3.8) is 0 Å². The first-order chi connectivity index (χ1) is 13.3. The first kappa shape index (κ1) is 21.9. The minimum atomic E-state index is -0.581. The fourth-order valence-electron chi connectivity index (χ4n) is 3.03. The Kier molecular flexibility index (Phi) is 7.99. The molecular formula is C21H28N4O2S. The van der Waals surface area contributed by atoms with E-state index in [0.29, 0.717) is 12.8 Å². The first-order valence-electron chi connectivity index (χ1n) is 9.24. The summed E-state index contributed by atoms with van der Waals surface area (Å²) in [4.78, 5) is 35.5. The molecule has 28 heavy (non-hydrogen) atoms. The Balaban J connectivity index is 2.04. The van der Waals surface area contributed by atoms with Gasteiger partial charge in [0.15, 0.2) is 5.16 Å². The van der Waals surface area contributed by atoms with E-state index in [1.165, 1.54) is 16.7 Å². The highest BCUT2D eigenvalue weighted by molar-refractivity contribution is 7.98. The molecule has 1 N–H and O–H groups in total. The number of aromatic nitrogens is 2. The average Bonchev–Trinajstić information content (AvgIpc) is 2.66. The van der Waals surface area contributed by atoms with Gasteiger partial charge in [0.25, 0.3) is 0 Å². The van der Waals surface area contributed by atoms with Crippen molar-refractivity contribution in [1.29, 1.82) is 0 Å². The molecule has 2 aromatic rings. The maximum absolute atomic E-state index is 12.6. The number of nitrogens with zero attached hydrogens (tertiary/aromatic N) is 3. The number of hydrogen-bond donors (Lipinski definition) is 1. The van der Waals surface area contributed by atoms with Gasteiger partial charge in [0.05, 0.1) is 0 Å². The van der Waals surface area contributed by atoms with Crippen molar-refractivity contribution in [2.75, 3.05) is 20.4 Å². The van der Waals surface area contributed by atoms with Crippen LogP contribution in [0.15, 0.2) is 35.5 Å². The third-order valence-corrected chi connectivity index (χ3v) is 5.09. The van der Waals surface area contributed by atoms with E-state index < -0.39 is 6.04 Å². The van der Waals surface area contributed by atoms with Crippen LogP contribution in [-0.2, 0) is 22.4 Å². The van der Waals surface area contributed by atoms with Gasteiger partial charge in [-0.1, -0.05) is 42.1 Å². The standard InChI is InChI=1S/C21H28N4O2S/c1-14-17(15(2)23-21(22-14)28-5)11-12-19(26)24-18(20(27)25(3)4)13-16-9-7-6-8-10-16/h6-10,18H,11-13H2,1-5H3,(H,24,26). The van der Waals surface area contributed by atoms with Crippen LogP contribution in [-0.4, -0.2) is 53.1 Å². The predicted molar refractivity (Wildman–Crippen MR) is 112 cm³/mol. The van der Waals surface area contributed by atoms with Crippen LogP contribution in [0.4, 0.5) is 0 Å². The molecule has 1 aromatic heterocycles. The lowest BCUT2D eigenvalue weighted by atomic mass is 10.0. The highest BCUT2D eigenvalue weighted by Crippen LogP contribution is 2.17. The summed E-state index contributed by atoms with van der Waals surface area (Å²) < 4.78 is 0. The van der Waals surface area contributed by atoms with E-state index in [-0.39, 0.29) is 18.2 Å². The quantitative estimate of drug-likeness (QED) is 0.544. The molecule has 0 spiro atoms. The minimum absolute atomic E-state index is 0.114. The summed E-state index contributed by atoms with van der Waals surface area (Å²) in [7, 11) is 3.40. The maximum atomic E-state index is 12.6. The normalized spacial score (nSPS) is 11.8. The molecule has 7 heteroatoms. The minimum Gasteiger partial charge on any atom is -0.347 e. The highest BCUT2D eigenvalue weighted by atomic mass is 32.2. The number of carbonyl (C=O) groups is 2. The van der Waals surface area contributed by atoms with Crippen LogP contribution in [0, 0.1) is 13.8 Å². The smallest absolute Gasteiger partial charge is 0.244 e. The van der Waals surface area contributed by atoms with Crippen LogP contribution in [0.2, 0.25) is 0 Å². The Morgan fingerprint density at radius 1 is 1.11 bits per heavy atom. The number of rotatable bonds is 8. The molecule has 0 aliphatic carbocycles. The van der Waals surface area contributed by atoms with Gasteiger partial charge >= 0.3 is 0 Å². The number of aryl methyl sites for hydroxylation is 2. The third-order valence-electron chi connectivity index (χ3n) is 4.54. The lowest BCUT2D eigenvalue weighted by molar-refractivity contribution is -0.134. The zero-order valence-electron chi connectivity index (χ0n) is 17.2. The van der Waals surface area contributed by atoms with Gasteiger partial charge in [-0.3, -0.25) is 9.59 Å². The van der Waals surface area contributed by atoms with Gasteiger partial charge in [0, 0.05) is 38.3 Å². The van der Waals surface area contributed by atoms with Crippen molar-refractivity contribution in [1.82, 2.24) is 20.2 Å². The SMILES string of the molecule is CSc1nc(C)c(CCC(=O)NC(Cc2ccccc2)C(=O)N(C)C)c(C)n1. The fraction of sp³-hybridized carbons (Fsp3) is 0.429. The molecule has 1 aromatic carbocycles. The monoisotopic (exact) mass is 400 g/mol. The second-order valence-corrected chi connectivity index (χ2v) is 7.68. The zero-order valence-corrected chi connectivity index (χ0v) is 18.0. The number of nitrogens with one attached hydrogen (secondary N) is 1. The Labute approximate surface area is 171 Å². The van der Waals surface area contributed by atoms with Gasteiger partial charge in [-0.15, -0.1) is 0 Å². The van der Waals surface area contributed by atoms with E-state index in [9.17, 15) is 9.59 Å². The molecule has 150 valence electrons. The van der Waals surface area contributed by atoms with Crippen molar-refractivity contribution in [3.05, 3.63) is 52.8 Å². The zero-order chi connectivity index (χ0) is 20.7. The van der Waals surface area contributed by atoms with Crippen molar-refractivity contribution in [3.8, 4) is 0 Å². The van der Waals surface area contributed by atoms with E-state index in [1.807, 2.05) is 50.4 Å². The van der Waals surface area contributed by atoms with Gasteiger partial charge in [0.2, 0.25) is 11.8 Å². The van der Waals surface area contributed by atoms with Crippen molar-refractivity contribution in [2.24, 2.45) is 0 Å². The molecule has 6 nitrogen and oxygen atoms in total. The summed E-state index contributed by atoms with van der Waals surface area (Å²) in [5, 5.41) is 3.64. The summed E-state index contributed by atoms with van der Waals surface area (Å²) in [6, 6.07) is 9.12. The van der Waals surface area contributed by atoms with E-state index in [1.54, 1.807) is 14.1 Å². The van der Waals surface area contributed by atoms with Gasteiger partial charge in [0.1, 0.15) is 6.04 Å². The Bertz CT molecular complexity index is 801. The summed E-state index contributed by atoms with van der Waals surface area (Å²) in [6.07, 6.45) is 3.24. The second kappa shape index (κ2) is 10.2. The van der Waals surface area contributed by atoms with E-state index in [2.05, 4.69) is 15.3 Å². The third kappa shape index (κ3) is 6.05. The topological polar surface area (TPSA) is 75.2 Å². The highest BCUT2D eigenvalue weighted by Gasteiger charge is 2.23. The molecule has 1 heterocycles. The summed E-state index contributed by atoms with van der Waals surface area (Å²) in [6.45, 7) is 3.88. The lowest BCUT2D eigenvalue weighted by Crippen LogP contribution is -2.47. The molecule has 2 amide bonds. The fourth-order valence-corrected chi connectivity index (χ4v) is 3.48. The number of hydrogen-bond acceptors (Lipinski definition) is 5. The Hall–Kier alpha value is -2.41. The van der Waals surface area contributed by atoms with Gasteiger partial charge in [-0.05, 0) is 37.7 Å². The molecule has 0 aliphatic rings. The number of thioether (sulfide) groups is 1. The van der Waals surface area contributed by atoms with Crippen molar-refractivity contribution >= 4 is 23.6 Å². The van der Waals surface area contributed by atoms with Crippen LogP contribution in [0.3, 0.4) is 0 Å². The molecule has 1 atom stereocenters. The number of benzene rings is 1. The van der Waals surface area contributed by atoms with Crippen molar-refractivity contribution < 1.29 is 9.59 Å². The van der Waals surface area contributed by atoms with Crippen LogP contribution >= 0.6 is 11.8 Å². The molecule has 0 radical (unpaired) electrons. The number of carbonyl (C=O) groups excluding carboxylic acids is 2. The van der Waals surface area contributed by atoms with Gasteiger partial charge < -0.3 is 10.2 Å². The first-order valence-corrected chi connectivity index (χ1v) is 10.5. The maximum Gasteiger partial charge on any atom is 0.244 e. The lowest BCUT2D eigenvalue weighted by Gasteiger charge is -2.22. The van der Waals surface area contributed by atoms with Crippen LogP contribution in [0.5, 0.6) is 0 Å². The van der Waals surface area contributed by atoms with E-state index in [4.69, 9.17) is 0 Å². The molecule has 0 saturated heterocycles. The van der Waals surface area contributed by atoms with Gasteiger partial charge in [-0.25, -0.2) is 9.97 Å². The molecule has 0 fully saturated rings. The van der Waals surface area contributed by atoms with Crippen molar-refractivity contribution in [2.45, 2.75) is 44.3 Å². The molecule has 2 rings (SSSR count). The number of likely N-dealkylation sites (N-methyl/N-ethyl adjacent to an activating group) is 1. The average molecular weight is 401 g/mol. The molecule has 0 bridgehead atoms. The van der Waals surface area contributed by atoms with E-state index in [0.717, 1.165) is 27.7 Å². The summed E-state index contributed by atoms with van der Waals surface area (Å²) in [5.41, 5.74) is 3.80. The predicted octanol–water partition coefficient (Wildman–Crippen LogP) is 2.56. The molecule has 0 aliphatic heterocycles. The summed E-state index contributed by atoms with van der Waals surface area (Å²) in [5.74, 6) is -0.263.